The second-order valence-electron chi connectivity index (χ2n) is 7.35. The van der Waals surface area contributed by atoms with Crippen LogP contribution in [0.25, 0.3) is 0 Å². The van der Waals surface area contributed by atoms with E-state index in [0.717, 1.165) is 63.7 Å². The first-order valence-corrected chi connectivity index (χ1v) is 10.7. The minimum Gasteiger partial charge on any atom is -0.379 e. The molecule has 2 heterocycles. The van der Waals surface area contributed by atoms with Crippen molar-refractivity contribution >= 4 is 17.2 Å². The third-order valence-electron chi connectivity index (χ3n) is 5.61. The van der Waals surface area contributed by atoms with Gasteiger partial charge in [0.15, 0.2) is 0 Å². The zero-order chi connectivity index (χ0) is 18.5. The number of carbonyl (C=O) groups is 1. The number of fused-ring (bicyclic) bond motifs is 1. The Hall–Kier alpha value is -1.76. The van der Waals surface area contributed by atoms with Crippen LogP contribution in [0.15, 0.2) is 35.8 Å². The Kier molecular flexibility index (Phi) is 6.17. The van der Waals surface area contributed by atoms with Crippen LogP contribution in [0.3, 0.4) is 0 Å². The fourth-order valence-electron chi connectivity index (χ4n) is 4.02. The van der Waals surface area contributed by atoms with Crippen LogP contribution in [0.4, 0.5) is 0 Å². The lowest BCUT2D eigenvalue weighted by molar-refractivity contribution is -0.137. The Morgan fingerprint density at radius 2 is 2.07 bits per heavy atom. The van der Waals surface area contributed by atoms with Gasteiger partial charge >= 0.3 is 0 Å². The van der Waals surface area contributed by atoms with Crippen LogP contribution < -0.4 is 0 Å². The summed E-state index contributed by atoms with van der Waals surface area (Å²) in [7, 11) is 0. The van der Waals surface area contributed by atoms with Crippen LogP contribution in [0.2, 0.25) is 0 Å². The highest BCUT2D eigenvalue weighted by Crippen LogP contribution is 2.27. The molecular weight excluding hydrogens is 358 g/mol. The van der Waals surface area contributed by atoms with Gasteiger partial charge < -0.3 is 9.64 Å². The summed E-state index contributed by atoms with van der Waals surface area (Å²) in [5.41, 5.74) is 2.74. The molecule has 5 nitrogen and oxygen atoms in total. The van der Waals surface area contributed by atoms with E-state index in [9.17, 15) is 4.79 Å². The molecule has 0 radical (unpaired) electrons. The molecule has 144 valence electrons. The second kappa shape index (κ2) is 8.95. The molecular formula is C21H27N3O2S. The molecule has 0 spiro atoms. The fourth-order valence-corrected chi connectivity index (χ4v) is 4.65. The molecule has 1 aliphatic heterocycles. The van der Waals surface area contributed by atoms with E-state index >= 15 is 0 Å². The summed E-state index contributed by atoms with van der Waals surface area (Å²) in [5, 5.41) is 3.00. The monoisotopic (exact) mass is 385 g/mol. The zero-order valence-corrected chi connectivity index (χ0v) is 16.5. The van der Waals surface area contributed by atoms with Crippen molar-refractivity contribution in [1.82, 2.24) is 14.8 Å². The summed E-state index contributed by atoms with van der Waals surface area (Å²) in [6.45, 7) is 5.78. The Balaban J connectivity index is 1.43. The number of rotatable bonds is 6. The molecule has 6 heteroatoms. The summed E-state index contributed by atoms with van der Waals surface area (Å²) >= 11 is 1.63. The van der Waals surface area contributed by atoms with Gasteiger partial charge in [-0.1, -0.05) is 24.3 Å². The van der Waals surface area contributed by atoms with Crippen LogP contribution >= 0.6 is 11.3 Å². The molecule has 2 aliphatic rings. The van der Waals surface area contributed by atoms with Gasteiger partial charge in [-0.15, -0.1) is 11.3 Å². The third kappa shape index (κ3) is 4.75. The summed E-state index contributed by atoms with van der Waals surface area (Å²) < 4.78 is 5.44. The predicted octanol–water partition coefficient (Wildman–Crippen LogP) is 2.61. The Bertz CT molecular complexity index is 744. The molecule has 1 aromatic carbocycles. The SMILES string of the molecule is O=C(C1CCc2ccccc2C1)N(CCN1CCOCC1)Cc1nccs1. The number of thiazole rings is 1. The van der Waals surface area contributed by atoms with Crippen molar-refractivity contribution in [3.63, 3.8) is 0 Å². The molecule has 0 N–H and O–H groups in total. The minimum atomic E-state index is 0.0875. The largest absolute Gasteiger partial charge is 0.379 e. The van der Waals surface area contributed by atoms with E-state index in [1.54, 1.807) is 11.3 Å². The third-order valence-corrected chi connectivity index (χ3v) is 6.37. The number of nitrogens with zero attached hydrogens (tertiary/aromatic N) is 3. The lowest BCUT2D eigenvalue weighted by Gasteiger charge is -2.33. The summed E-state index contributed by atoms with van der Waals surface area (Å²) in [6.07, 6.45) is 4.63. The number of aromatic nitrogens is 1. The lowest BCUT2D eigenvalue weighted by Crippen LogP contribution is -2.45. The minimum absolute atomic E-state index is 0.0875. The molecule has 1 amide bonds. The van der Waals surface area contributed by atoms with E-state index in [-0.39, 0.29) is 11.8 Å². The first kappa shape index (κ1) is 18.6. The number of hydrogen-bond acceptors (Lipinski definition) is 5. The first-order valence-electron chi connectivity index (χ1n) is 9.83. The molecule has 2 aromatic rings. The van der Waals surface area contributed by atoms with E-state index in [1.807, 2.05) is 16.5 Å². The molecule has 1 saturated heterocycles. The van der Waals surface area contributed by atoms with Crippen molar-refractivity contribution in [2.45, 2.75) is 25.8 Å². The van der Waals surface area contributed by atoms with E-state index in [1.165, 1.54) is 11.1 Å². The van der Waals surface area contributed by atoms with Crippen molar-refractivity contribution in [2.75, 3.05) is 39.4 Å². The van der Waals surface area contributed by atoms with Crippen molar-refractivity contribution in [1.29, 1.82) is 0 Å². The van der Waals surface area contributed by atoms with Gasteiger partial charge in [-0.05, 0) is 30.4 Å². The standard InChI is InChI=1S/C21H27N3O2S/c25-21(19-6-5-17-3-1-2-4-18(17)15-19)24(16-20-22-7-14-27-20)9-8-23-10-12-26-13-11-23/h1-4,7,14,19H,5-6,8-13,15-16H2. The highest BCUT2D eigenvalue weighted by molar-refractivity contribution is 7.09. The maximum atomic E-state index is 13.4. The molecule has 1 fully saturated rings. The Morgan fingerprint density at radius 1 is 1.26 bits per heavy atom. The van der Waals surface area contributed by atoms with Crippen LogP contribution in [0, 0.1) is 5.92 Å². The van der Waals surface area contributed by atoms with Crippen LogP contribution in [0.1, 0.15) is 22.6 Å². The van der Waals surface area contributed by atoms with Crippen LogP contribution in [0.5, 0.6) is 0 Å². The van der Waals surface area contributed by atoms with E-state index < -0.39 is 0 Å². The number of amides is 1. The lowest BCUT2D eigenvalue weighted by atomic mass is 9.83. The highest BCUT2D eigenvalue weighted by Gasteiger charge is 2.29. The normalized spacial score (nSPS) is 20.2. The molecule has 1 atom stereocenters. The molecule has 1 unspecified atom stereocenters. The maximum absolute atomic E-state index is 13.4. The number of hydrogen-bond donors (Lipinski definition) is 0. The summed E-state index contributed by atoms with van der Waals surface area (Å²) in [6, 6.07) is 8.55. The molecule has 4 rings (SSSR count). The Morgan fingerprint density at radius 3 is 2.85 bits per heavy atom. The van der Waals surface area contributed by atoms with Gasteiger partial charge in [0.05, 0.1) is 19.8 Å². The fraction of sp³-hybridized carbons (Fsp3) is 0.524. The van der Waals surface area contributed by atoms with E-state index in [4.69, 9.17) is 4.74 Å². The van der Waals surface area contributed by atoms with Gasteiger partial charge in [0.1, 0.15) is 5.01 Å². The number of benzene rings is 1. The van der Waals surface area contributed by atoms with E-state index in [0.29, 0.717) is 6.54 Å². The number of aryl methyl sites for hydroxylation is 1. The Labute approximate surface area is 165 Å². The van der Waals surface area contributed by atoms with Gasteiger partial charge in [0, 0.05) is 43.7 Å². The molecule has 0 saturated carbocycles. The van der Waals surface area contributed by atoms with Crippen molar-refractivity contribution in [3.8, 4) is 0 Å². The van der Waals surface area contributed by atoms with Crippen molar-refractivity contribution in [2.24, 2.45) is 5.92 Å². The van der Waals surface area contributed by atoms with Crippen molar-refractivity contribution in [3.05, 3.63) is 52.0 Å². The molecule has 1 aliphatic carbocycles. The average Bonchev–Trinajstić information content (AvgIpc) is 3.24. The zero-order valence-electron chi connectivity index (χ0n) is 15.7. The predicted molar refractivity (Wildman–Crippen MR) is 107 cm³/mol. The van der Waals surface area contributed by atoms with Gasteiger partial charge in [0.2, 0.25) is 5.91 Å². The average molecular weight is 386 g/mol. The van der Waals surface area contributed by atoms with Gasteiger partial charge in [0.25, 0.3) is 0 Å². The van der Waals surface area contributed by atoms with Crippen LogP contribution in [-0.4, -0.2) is 60.1 Å². The number of ether oxygens (including phenoxy) is 1. The topological polar surface area (TPSA) is 45.7 Å². The highest BCUT2D eigenvalue weighted by atomic mass is 32.1. The summed E-state index contributed by atoms with van der Waals surface area (Å²) in [4.78, 5) is 22.2. The second-order valence-corrected chi connectivity index (χ2v) is 8.33. The van der Waals surface area contributed by atoms with Gasteiger partial charge in [-0.25, -0.2) is 4.98 Å². The van der Waals surface area contributed by atoms with Gasteiger partial charge in [-0.3, -0.25) is 9.69 Å². The molecule has 0 bridgehead atoms. The molecule has 27 heavy (non-hydrogen) atoms. The molecule has 1 aromatic heterocycles. The summed E-state index contributed by atoms with van der Waals surface area (Å²) in [5.74, 6) is 0.373. The first-order chi connectivity index (χ1) is 13.3. The smallest absolute Gasteiger partial charge is 0.226 e. The van der Waals surface area contributed by atoms with E-state index in [2.05, 4.69) is 34.1 Å². The van der Waals surface area contributed by atoms with Gasteiger partial charge in [-0.2, -0.15) is 0 Å². The van der Waals surface area contributed by atoms with Crippen molar-refractivity contribution < 1.29 is 9.53 Å². The van der Waals surface area contributed by atoms with Crippen LogP contribution in [-0.2, 0) is 28.9 Å². The number of carbonyl (C=O) groups excluding carboxylic acids is 1. The maximum Gasteiger partial charge on any atom is 0.226 e. The number of morpholine rings is 1. The quantitative estimate of drug-likeness (QED) is 0.767.